The van der Waals surface area contributed by atoms with Crippen molar-refractivity contribution in [3.05, 3.63) is 59.4 Å². The molecule has 158 valence electrons. The van der Waals surface area contributed by atoms with E-state index in [0.29, 0.717) is 30.8 Å². The SMILES string of the molecule is COc1ccc(C)cc1N(C(C)C(=O)NCCCc1ccc(F)cc1)S(C)(=O)=O. The van der Waals surface area contributed by atoms with E-state index in [1.54, 1.807) is 24.3 Å². The number of amides is 1. The van der Waals surface area contributed by atoms with Crippen molar-refractivity contribution in [2.45, 2.75) is 32.7 Å². The Hall–Kier alpha value is -2.61. The van der Waals surface area contributed by atoms with Crippen LogP contribution in [0.4, 0.5) is 10.1 Å². The van der Waals surface area contributed by atoms with E-state index < -0.39 is 22.0 Å². The van der Waals surface area contributed by atoms with Gasteiger partial charge in [0.1, 0.15) is 17.6 Å². The van der Waals surface area contributed by atoms with Crippen molar-refractivity contribution in [1.29, 1.82) is 0 Å². The third kappa shape index (κ3) is 6.19. The Morgan fingerprint density at radius 3 is 2.45 bits per heavy atom. The lowest BCUT2D eigenvalue weighted by Crippen LogP contribution is -2.48. The van der Waals surface area contributed by atoms with Crippen LogP contribution in [-0.2, 0) is 21.2 Å². The molecule has 8 heteroatoms. The van der Waals surface area contributed by atoms with Gasteiger partial charge in [-0.25, -0.2) is 12.8 Å². The van der Waals surface area contributed by atoms with E-state index in [-0.39, 0.29) is 5.82 Å². The number of sulfonamides is 1. The van der Waals surface area contributed by atoms with Crippen LogP contribution < -0.4 is 14.4 Å². The molecule has 0 aliphatic carbocycles. The van der Waals surface area contributed by atoms with E-state index >= 15 is 0 Å². The smallest absolute Gasteiger partial charge is 0.243 e. The van der Waals surface area contributed by atoms with Crippen molar-refractivity contribution in [2.75, 3.05) is 24.2 Å². The predicted octanol–water partition coefficient (Wildman–Crippen LogP) is 3.05. The molecule has 0 bridgehead atoms. The molecule has 0 heterocycles. The molecular formula is C21H27FN2O4S. The number of halogens is 1. The number of hydrogen-bond donors (Lipinski definition) is 1. The number of rotatable bonds is 9. The molecule has 0 aliphatic heterocycles. The minimum absolute atomic E-state index is 0.289. The Kier molecular flexibility index (Phi) is 7.61. The summed E-state index contributed by atoms with van der Waals surface area (Å²) in [6, 6.07) is 10.4. The maximum absolute atomic E-state index is 12.9. The van der Waals surface area contributed by atoms with E-state index in [1.807, 2.05) is 13.0 Å². The first-order valence-electron chi connectivity index (χ1n) is 9.29. The fourth-order valence-corrected chi connectivity index (χ4v) is 4.23. The molecule has 0 radical (unpaired) electrons. The number of benzene rings is 2. The van der Waals surface area contributed by atoms with Gasteiger partial charge in [0, 0.05) is 6.54 Å². The summed E-state index contributed by atoms with van der Waals surface area (Å²) in [4.78, 5) is 12.6. The molecule has 29 heavy (non-hydrogen) atoms. The molecular weight excluding hydrogens is 395 g/mol. The Morgan fingerprint density at radius 1 is 1.21 bits per heavy atom. The number of nitrogens with one attached hydrogen (secondary N) is 1. The standard InChI is InChI=1S/C21H27FN2O4S/c1-15-7-12-20(28-3)19(14-15)24(29(4,26)27)16(2)21(25)23-13-5-6-17-8-10-18(22)11-9-17/h7-12,14,16H,5-6,13H2,1-4H3,(H,23,25). The summed E-state index contributed by atoms with van der Waals surface area (Å²) in [5, 5.41) is 2.78. The van der Waals surface area contributed by atoms with Crippen LogP contribution in [0.3, 0.4) is 0 Å². The lowest BCUT2D eigenvalue weighted by Gasteiger charge is -2.29. The van der Waals surface area contributed by atoms with Gasteiger partial charge in [-0.3, -0.25) is 9.10 Å². The van der Waals surface area contributed by atoms with Crippen molar-refractivity contribution < 1.29 is 22.3 Å². The zero-order chi connectivity index (χ0) is 21.6. The molecule has 0 aromatic heterocycles. The summed E-state index contributed by atoms with van der Waals surface area (Å²) in [6.07, 6.45) is 2.39. The van der Waals surface area contributed by atoms with Crippen LogP contribution in [0.5, 0.6) is 5.75 Å². The highest BCUT2D eigenvalue weighted by molar-refractivity contribution is 7.92. The number of nitrogens with zero attached hydrogens (tertiary/aromatic N) is 1. The quantitative estimate of drug-likeness (QED) is 0.631. The zero-order valence-corrected chi connectivity index (χ0v) is 17.9. The van der Waals surface area contributed by atoms with E-state index in [9.17, 15) is 17.6 Å². The topological polar surface area (TPSA) is 75.7 Å². The fourth-order valence-electron chi connectivity index (χ4n) is 3.06. The third-order valence-corrected chi connectivity index (χ3v) is 5.74. The maximum Gasteiger partial charge on any atom is 0.243 e. The van der Waals surface area contributed by atoms with Gasteiger partial charge in [0.2, 0.25) is 15.9 Å². The monoisotopic (exact) mass is 422 g/mol. The summed E-state index contributed by atoms with van der Waals surface area (Å²) in [7, 11) is -2.28. The summed E-state index contributed by atoms with van der Waals surface area (Å²) in [5.74, 6) is -0.321. The molecule has 0 saturated carbocycles. The average molecular weight is 423 g/mol. The minimum Gasteiger partial charge on any atom is -0.495 e. The molecule has 0 saturated heterocycles. The van der Waals surface area contributed by atoms with Gasteiger partial charge in [-0.05, 0) is 62.1 Å². The van der Waals surface area contributed by atoms with E-state index in [2.05, 4.69) is 5.32 Å². The molecule has 2 rings (SSSR count). The highest BCUT2D eigenvalue weighted by Gasteiger charge is 2.31. The second-order valence-corrected chi connectivity index (χ2v) is 8.79. The van der Waals surface area contributed by atoms with E-state index in [0.717, 1.165) is 21.7 Å². The van der Waals surface area contributed by atoms with Gasteiger partial charge >= 0.3 is 0 Å². The summed E-state index contributed by atoms with van der Waals surface area (Å²) >= 11 is 0. The molecule has 1 N–H and O–H groups in total. The summed E-state index contributed by atoms with van der Waals surface area (Å²) in [5.41, 5.74) is 2.14. The van der Waals surface area contributed by atoms with Crippen molar-refractivity contribution in [2.24, 2.45) is 0 Å². The predicted molar refractivity (Wildman–Crippen MR) is 112 cm³/mol. The largest absolute Gasteiger partial charge is 0.495 e. The molecule has 0 spiro atoms. The van der Waals surface area contributed by atoms with E-state index in [4.69, 9.17) is 4.74 Å². The van der Waals surface area contributed by atoms with Crippen LogP contribution in [0.2, 0.25) is 0 Å². The number of methoxy groups -OCH3 is 1. The lowest BCUT2D eigenvalue weighted by atomic mass is 10.1. The maximum atomic E-state index is 12.9. The molecule has 6 nitrogen and oxygen atoms in total. The number of ether oxygens (including phenoxy) is 1. The second kappa shape index (κ2) is 9.73. The number of anilines is 1. The lowest BCUT2D eigenvalue weighted by molar-refractivity contribution is -0.121. The Labute approximate surface area is 171 Å². The van der Waals surface area contributed by atoms with Gasteiger partial charge < -0.3 is 10.1 Å². The van der Waals surface area contributed by atoms with Gasteiger partial charge in [-0.15, -0.1) is 0 Å². The van der Waals surface area contributed by atoms with Crippen molar-refractivity contribution in [1.82, 2.24) is 5.32 Å². The number of carbonyl (C=O) groups excluding carboxylic acids is 1. The Bertz CT molecular complexity index is 946. The summed E-state index contributed by atoms with van der Waals surface area (Å²) in [6.45, 7) is 3.75. The third-order valence-electron chi connectivity index (χ3n) is 4.52. The Balaban J connectivity index is 2.07. The van der Waals surface area contributed by atoms with Crippen LogP contribution in [0.1, 0.15) is 24.5 Å². The van der Waals surface area contributed by atoms with Crippen molar-refractivity contribution >= 4 is 21.6 Å². The molecule has 2 aromatic rings. The highest BCUT2D eigenvalue weighted by Crippen LogP contribution is 2.32. The molecule has 0 fully saturated rings. The normalized spacial score (nSPS) is 12.3. The van der Waals surface area contributed by atoms with Gasteiger partial charge in [0.15, 0.2) is 0 Å². The van der Waals surface area contributed by atoms with Gasteiger partial charge in [-0.2, -0.15) is 0 Å². The van der Waals surface area contributed by atoms with Crippen LogP contribution in [0.25, 0.3) is 0 Å². The zero-order valence-electron chi connectivity index (χ0n) is 17.1. The minimum atomic E-state index is -3.73. The highest BCUT2D eigenvalue weighted by atomic mass is 32.2. The number of carbonyl (C=O) groups is 1. The van der Waals surface area contributed by atoms with Crippen LogP contribution >= 0.6 is 0 Å². The van der Waals surface area contributed by atoms with Crippen LogP contribution in [-0.4, -0.2) is 40.3 Å². The van der Waals surface area contributed by atoms with Gasteiger partial charge in [0.25, 0.3) is 0 Å². The van der Waals surface area contributed by atoms with Crippen LogP contribution in [0, 0.1) is 12.7 Å². The van der Waals surface area contributed by atoms with E-state index in [1.165, 1.54) is 26.2 Å². The second-order valence-electron chi connectivity index (χ2n) is 6.93. The van der Waals surface area contributed by atoms with Gasteiger partial charge in [0.05, 0.1) is 19.1 Å². The Morgan fingerprint density at radius 2 is 1.86 bits per heavy atom. The molecule has 2 aromatic carbocycles. The molecule has 0 aliphatic rings. The first-order valence-corrected chi connectivity index (χ1v) is 11.1. The number of hydrogen-bond acceptors (Lipinski definition) is 4. The molecule has 1 unspecified atom stereocenters. The molecule has 1 atom stereocenters. The van der Waals surface area contributed by atoms with Crippen molar-refractivity contribution in [3.8, 4) is 5.75 Å². The van der Waals surface area contributed by atoms with Crippen molar-refractivity contribution in [3.63, 3.8) is 0 Å². The first kappa shape index (κ1) is 22.7. The van der Waals surface area contributed by atoms with Gasteiger partial charge in [-0.1, -0.05) is 18.2 Å². The van der Waals surface area contributed by atoms with Crippen LogP contribution in [0.15, 0.2) is 42.5 Å². The first-order chi connectivity index (χ1) is 13.6. The molecule has 1 amide bonds. The summed E-state index contributed by atoms with van der Waals surface area (Å²) < 4.78 is 44.2. The number of aryl methyl sites for hydroxylation is 2. The average Bonchev–Trinajstić information content (AvgIpc) is 2.65. The fraction of sp³-hybridized carbons (Fsp3) is 0.381.